The molecule has 3 saturated carbocycles. The Hall–Kier alpha value is -1.34. The molecule has 0 spiro atoms. The summed E-state index contributed by atoms with van der Waals surface area (Å²) in [6.45, 7) is 0.410. The molecule has 6 unspecified atom stereocenters. The number of fused-ring (bicyclic) bond motifs is 7. The lowest BCUT2D eigenvalue weighted by atomic mass is 9.46. The summed E-state index contributed by atoms with van der Waals surface area (Å²) in [5.74, 6) is -1.55. The van der Waals surface area contributed by atoms with Gasteiger partial charge in [0.15, 0.2) is 23.5 Å². The highest BCUT2D eigenvalue weighted by molar-refractivity contribution is 6.01. The van der Waals surface area contributed by atoms with Gasteiger partial charge < -0.3 is 19.7 Å². The molecule has 0 aromatic heterocycles. The van der Waals surface area contributed by atoms with E-state index in [2.05, 4.69) is 0 Å². The van der Waals surface area contributed by atoms with Crippen LogP contribution in [-0.2, 0) is 19.1 Å². The molecule has 6 nitrogen and oxygen atoms in total. The van der Waals surface area contributed by atoms with E-state index in [1.165, 1.54) is 6.08 Å². The maximum atomic E-state index is 13.6. The normalized spacial score (nSPS) is 54.3. The van der Waals surface area contributed by atoms with E-state index < -0.39 is 73.3 Å². The van der Waals surface area contributed by atoms with Crippen LogP contribution in [0.15, 0.2) is 23.8 Å². The molecule has 1 saturated heterocycles. The molecule has 0 amide bonds. The smallest absolute Gasteiger partial charge is 0.193 e. The Bertz CT molecular complexity index is 1170. The lowest BCUT2D eigenvalue weighted by molar-refractivity contribution is -0.200. The first kappa shape index (κ1) is 14.8. The van der Waals surface area contributed by atoms with Gasteiger partial charge in [-0.1, -0.05) is 38.7 Å². The van der Waals surface area contributed by atoms with Crippen LogP contribution in [0.25, 0.3) is 0 Å². The van der Waals surface area contributed by atoms with E-state index in [1.54, 1.807) is 13.0 Å². The van der Waals surface area contributed by atoms with Gasteiger partial charge in [-0.15, -0.1) is 0 Å². The topological polar surface area (TPSA) is 93.1 Å². The van der Waals surface area contributed by atoms with Gasteiger partial charge in [-0.05, 0) is 62.4 Å². The van der Waals surface area contributed by atoms with Crippen molar-refractivity contribution in [3.05, 3.63) is 23.8 Å². The summed E-state index contributed by atoms with van der Waals surface area (Å²) in [5, 5.41) is 21.7. The summed E-state index contributed by atoms with van der Waals surface area (Å²) in [4.78, 5) is 25.6. The summed E-state index contributed by atoms with van der Waals surface area (Å²) < 4.78 is 76.4. The summed E-state index contributed by atoms with van der Waals surface area (Å²) in [5.41, 5.74) is -2.71. The molecule has 5 aliphatic rings. The van der Waals surface area contributed by atoms with E-state index in [4.69, 9.17) is 20.4 Å². The van der Waals surface area contributed by atoms with Crippen LogP contribution in [0.1, 0.15) is 76.5 Å². The summed E-state index contributed by atoms with van der Waals surface area (Å²) in [6.07, 6.45) is -7.58. The van der Waals surface area contributed by atoms with E-state index in [0.29, 0.717) is 12.8 Å². The molecule has 176 valence electrons. The van der Waals surface area contributed by atoms with E-state index >= 15 is 0 Å². The molecular weight excluding hydrogens is 408 g/mol. The number of rotatable bonds is 5. The Balaban J connectivity index is 1.54. The highest BCUT2D eigenvalue weighted by Crippen LogP contribution is 2.69. The molecule has 0 radical (unpaired) electrons. The number of Topliss-reactive ketones (excluding diaryl/α,β-unsaturated/α-hetero) is 1. The van der Waals surface area contributed by atoms with E-state index in [0.717, 1.165) is 5.57 Å². The fourth-order valence-corrected chi connectivity index (χ4v) is 7.85. The van der Waals surface area contributed by atoms with Gasteiger partial charge in [0.2, 0.25) is 0 Å². The van der Waals surface area contributed by atoms with Crippen molar-refractivity contribution in [1.82, 2.24) is 0 Å². The van der Waals surface area contributed by atoms with E-state index in [9.17, 15) is 19.8 Å². The molecule has 32 heavy (non-hydrogen) atoms. The molecule has 0 bridgehead atoms. The van der Waals surface area contributed by atoms with Crippen LogP contribution in [0.2, 0.25) is 0 Å². The van der Waals surface area contributed by atoms with Gasteiger partial charge in [-0.2, -0.15) is 0 Å². The molecular formula is C26H36O6. The molecule has 2 N–H and O–H groups in total. The molecule has 9 atom stereocenters. The van der Waals surface area contributed by atoms with Crippen LogP contribution in [0.5, 0.6) is 0 Å². The molecule has 4 aliphatic carbocycles. The maximum absolute atomic E-state index is 13.6. The van der Waals surface area contributed by atoms with Crippen molar-refractivity contribution in [3.63, 3.8) is 0 Å². The van der Waals surface area contributed by atoms with Crippen molar-refractivity contribution in [3.8, 4) is 0 Å². The first-order valence-corrected chi connectivity index (χ1v) is 11.3. The van der Waals surface area contributed by atoms with Crippen LogP contribution in [0.4, 0.5) is 0 Å². The van der Waals surface area contributed by atoms with Gasteiger partial charge in [0.1, 0.15) is 6.61 Å². The summed E-state index contributed by atoms with van der Waals surface area (Å²) >= 11 is 0. The third-order valence-electron chi connectivity index (χ3n) is 9.06. The number of carbonyl (C=O) groups is 2. The van der Waals surface area contributed by atoms with E-state index in [-0.39, 0.29) is 36.4 Å². The van der Waals surface area contributed by atoms with Gasteiger partial charge >= 0.3 is 0 Å². The third kappa shape index (κ3) is 2.79. The lowest BCUT2D eigenvalue weighted by Crippen LogP contribution is -2.63. The quantitative estimate of drug-likeness (QED) is 0.666. The lowest BCUT2D eigenvalue weighted by Gasteiger charge is -2.59. The SMILES string of the molecule is [2H]C([2H])C([2H])([2H])C([2H])([2H])C([2H])([2H])C1OC2CC3C4CCC5=CC(=O)C=C[C@]5(C)C4C(O)C[C@]3(C)[C@]2(C(=O)CO)O1. The van der Waals surface area contributed by atoms with Crippen LogP contribution in [-0.4, -0.2) is 52.5 Å². The Kier molecular flexibility index (Phi) is 3.51. The minimum atomic E-state index is -3.43. The number of aliphatic hydroxyl groups is 2. The second-order valence-electron chi connectivity index (χ2n) is 10.3. The Morgan fingerprint density at radius 2 is 2.22 bits per heavy atom. The molecule has 1 heterocycles. The van der Waals surface area contributed by atoms with Crippen LogP contribution in [0.3, 0.4) is 0 Å². The number of allylic oxidation sites excluding steroid dienone is 4. The second-order valence-corrected chi connectivity index (χ2v) is 10.3. The zero-order valence-corrected chi connectivity index (χ0v) is 18.3. The molecule has 0 aromatic rings. The van der Waals surface area contributed by atoms with Gasteiger partial charge in [-0.25, -0.2) is 0 Å². The van der Waals surface area contributed by atoms with Crippen molar-refractivity contribution < 1.29 is 40.2 Å². The predicted octanol–water partition coefficient (Wildman–Crippen LogP) is 3.11. The number of ether oxygens (including phenoxy) is 2. The molecule has 1 aliphatic heterocycles. The molecule has 6 heteroatoms. The molecule has 4 fully saturated rings. The standard InChI is InChI=1S/C26H36O6/c1-4-5-6-22-31-21-12-18-17-8-7-15-11-16(28)9-10-24(15,2)23(17)19(29)13-25(18,3)26(21,32-22)20(30)14-27/h9-11,17-19,21-23,27,29H,4-8,12-14H2,1-3H3/t17?,18?,19?,21?,22?,23?,24-,25-,26+/m0/s1/i1D2,4D2,5D2,6D2. The number of hydrogen-bond acceptors (Lipinski definition) is 6. The number of aliphatic hydroxyl groups excluding tert-OH is 2. The fourth-order valence-electron chi connectivity index (χ4n) is 7.85. The molecule has 5 rings (SSSR count). The largest absolute Gasteiger partial charge is 0.393 e. The first-order chi connectivity index (χ1) is 18.3. The Labute approximate surface area is 201 Å². The molecule has 0 aromatic carbocycles. The van der Waals surface area contributed by atoms with E-state index in [1.807, 2.05) is 13.0 Å². The minimum absolute atomic E-state index is 0.0417. The number of carbonyl (C=O) groups excluding carboxylic acids is 2. The average Bonchev–Trinajstić information content (AvgIpc) is 3.37. The van der Waals surface area contributed by atoms with Crippen molar-refractivity contribution in [1.29, 1.82) is 0 Å². The Morgan fingerprint density at radius 1 is 1.41 bits per heavy atom. The van der Waals surface area contributed by atoms with Gasteiger partial charge in [0.25, 0.3) is 0 Å². The highest BCUT2D eigenvalue weighted by atomic mass is 16.7. The van der Waals surface area contributed by atoms with Crippen molar-refractivity contribution in [2.24, 2.45) is 28.6 Å². The minimum Gasteiger partial charge on any atom is -0.393 e. The predicted molar refractivity (Wildman–Crippen MR) is 117 cm³/mol. The zero-order valence-electron chi connectivity index (χ0n) is 26.3. The van der Waals surface area contributed by atoms with Gasteiger partial charge in [0, 0.05) is 27.7 Å². The highest BCUT2D eigenvalue weighted by Gasteiger charge is 2.75. The second kappa shape index (κ2) is 7.59. The van der Waals surface area contributed by atoms with Crippen molar-refractivity contribution in [2.45, 2.75) is 89.6 Å². The van der Waals surface area contributed by atoms with Crippen molar-refractivity contribution in [2.75, 3.05) is 6.61 Å². The van der Waals surface area contributed by atoms with Crippen LogP contribution < -0.4 is 0 Å². The maximum Gasteiger partial charge on any atom is 0.193 e. The monoisotopic (exact) mass is 452 g/mol. The Morgan fingerprint density at radius 3 is 2.97 bits per heavy atom. The number of hydrogen-bond donors (Lipinski definition) is 2. The first-order valence-electron chi connectivity index (χ1n) is 15.4. The summed E-state index contributed by atoms with van der Waals surface area (Å²) in [6, 6.07) is 0. The van der Waals surface area contributed by atoms with Crippen LogP contribution >= 0.6 is 0 Å². The number of ketones is 2. The summed E-state index contributed by atoms with van der Waals surface area (Å²) in [7, 11) is 0. The van der Waals surface area contributed by atoms with Gasteiger partial charge in [0.05, 0.1) is 12.2 Å². The van der Waals surface area contributed by atoms with Crippen LogP contribution in [0, 0.1) is 28.6 Å². The third-order valence-corrected chi connectivity index (χ3v) is 9.06. The van der Waals surface area contributed by atoms with Crippen molar-refractivity contribution >= 4 is 11.6 Å². The fraction of sp³-hybridized carbons (Fsp3) is 0.769. The van der Waals surface area contributed by atoms with Gasteiger partial charge in [-0.3, -0.25) is 9.59 Å². The average molecular weight is 453 g/mol. The zero-order chi connectivity index (χ0) is 29.8.